The van der Waals surface area contributed by atoms with E-state index in [9.17, 15) is 9.59 Å². The maximum Gasteiger partial charge on any atom is 0.336 e. The second kappa shape index (κ2) is 4.93. The zero-order valence-corrected chi connectivity index (χ0v) is 9.67. The van der Waals surface area contributed by atoms with E-state index >= 15 is 0 Å². The highest BCUT2D eigenvalue weighted by atomic mass is 79.9. The number of halogens is 1. The van der Waals surface area contributed by atoms with Gasteiger partial charge in [-0.3, -0.25) is 4.79 Å². The lowest BCUT2D eigenvalue weighted by atomic mass is 10.1. The maximum atomic E-state index is 10.9. The van der Waals surface area contributed by atoms with Crippen LogP contribution in [-0.4, -0.2) is 17.0 Å². The largest absolute Gasteiger partial charge is 0.478 e. The van der Waals surface area contributed by atoms with Crippen LogP contribution in [0, 0.1) is 0 Å². The molecule has 0 aromatic heterocycles. The summed E-state index contributed by atoms with van der Waals surface area (Å²) in [5, 5.41) is 11.5. The van der Waals surface area contributed by atoms with Gasteiger partial charge in [0.2, 0.25) is 5.91 Å². The molecule has 2 N–H and O–H groups in total. The fourth-order valence-corrected chi connectivity index (χ4v) is 1.66. The topological polar surface area (TPSA) is 66.4 Å². The summed E-state index contributed by atoms with van der Waals surface area (Å²) in [5.41, 5.74) is 0.762. The Morgan fingerprint density at radius 2 is 2.13 bits per heavy atom. The Bertz CT molecular complexity index is 404. The minimum absolute atomic E-state index is 0.193. The predicted molar refractivity (Wildman–Crippen MR) is 58.6 cm³/mol. The van der Waals surface area contributed by atoms with Crippen LogP contribution in [0.5, 0.6) is 0 Å². The van der Waals surface area contributed by atoms with Crippen molar-refractivity contribution in [2.45, 2.75) is 13.5 Å². The van der Waals surface area contributed by atoms with Crippen molar-refractivity contribution in [2.24, 2.45) is 0 Å². The van der Waals surface area contributed by atoms with E-state index in [0.717, 1.165) is 0 Å². The number of aromatic carboxylic acids is 1. The molecule has 15 heavy (non-hydrogen) atoms. The van der Waals surface area contributed by atoms with Crippen molar-refractivity contribution in [2.75, 3.05) is 0 Å². The van der Waals surface area contributed by atoms with Crippen molar-refractivity contribution in [1.29, 1.82) is 0 Å². The zero-order chi connectivity index (χ0) is 11.4. The molecule has 0 radical (unpaired) electrons. The summed E-state index contributed by atoms with van der Waals surface area (Å²) in [7, 11) is 0. The molecule has 0 bridgehead atoms. The smallest absolute Gasteiger partial charge is 0.336 e. The normalized spacial score (nSPS) is 9.73. The third kappa shape index (κ3) is 3.06. The van der Waals surface area contributed by atoms with Gasteiger partial charge in [-0.15, -0.1) is 0 Å². The Balaban J connectivity index is 3.02. The van der Waals surface area contributed by atoms with Crippen LogP contribution in [0.4, 0.5) is 0 Å². The fourth-order valence-electron chi connectivity index (χ4n) is 1.15. The van der Waals surface area contributed by atoms with E-state index in [1.165, 1.54) is 13.0 Å². The quantitative estimate of drug-likeness (QED) is 0.881. The van der Waals surface area contributed by atoms with Crippen LogP contribution in [0.15, 0.2) is 22.7 Å². The number of amides is 1. The molecule has 0 spiro atoms. The SMILES string of the molecule is CC(=O)NCc1c(Br)cccc1C(=O)O. The Kier molecular flexibility index (Phi) is 3.85. The van der Waals surface area contributed by atoms with E-state index in [1.54, 1.807) is 12.1 Å². The van der Waals surface area contributed by atoms with Crippen molar-refractivity contribution < 1.29 is 14.7 Å². The zero-order valence-electron chi connectivity index (χ0n) is 8.08. The number of rotatable bonds is 3. The molecule has 0 saturated carbocycles. The van der Waals surface area contributed by atoms with Gasteiger partial charge < -0.3 is 10.4 Å². The molecule has 1 aromatic rings. The van der Waals surface area contributed by atoms with Gasteiger partial charge in [0.25, 0.3) is 0 Å². The van der Waals surface area contributed by atoms with Crippen LogP contribution in [-0.2, 0) is 11.3 Å². The van der Waals surface area contributed by atoms with Crippen LogP contribution in [0.2, 0.25) is 0 Å². The Hall–Kier alpha value is -1.36. The van der Waals surface area contributed by atoms with Crippen molar-refractivity contribution in [3.05, 3.63) is 33.8 Å². The molecular weight excluding hydrogens is 262 g/mol. The minimum atomic E-state index is -1.00. The van der Waals surface area contributed by atoms with Crippen molar-refractivity contribution in [1.82, 2.24) is 5.32 Å². The van der Waals surface area contributed by atoms with Crippen molar-refractivity contribution in [3.63, 3.8) is 0 Å². The van der Waals surface area contributed by atoms with Gasteiger partial charge in [0, 0.05) is 17.9 Å². The first-order valence-electron chi connectivity index (χ1n) is 4.27. The first kappa shape index (κ1) is 11.7. The van der Waals surface area contributed by atoms with Gasteiger partial charge in [0.1, 0.15) is 0 Å². The van der Waals surface area contributed by atoms with Gasteiger partial charge in [-0.05, 0) is 17.7 Å². The molecule has 0 aliphatic rings. The van der Waals surface area contributed by atoms with E-state index < -0.39 is 5.97 Å². The molecule has 1 amide bonds. The van der Waals surface area contributed by atoms with Crippen LogP contribution in [0.3, 0.4) is 0 Å². The molecule has 4 nitrogen and oxygen atoms in total. The van der Waals surface area contributed by atoms with Gasteiger partial charge in [0.15, 0.2) is 0 Å². The lowest BCUT2D eigenvalue weighted by molar-refractivity contribution is -0.119. The van der Waals surface area contributed by atoms with Gasteiger partial charge in [0.05, 0.1) is 5.56 Å². The standard InChI is InChI=1S/C10H10BrNO3/c1-6(13)12-5-8-7(10(14)15)3-2-4-9(8)11/h2-4H,5H2,1H3,(H,12,13)(H,14,15). The van der Waals surface area contributed by atoms with Crippen molar-refractivity contribution in [3.8, 4) is 0 Å². The molecule has 1 rings (SSSR count). The highest BCUT2D eigenvalue weighted by Gasteiger charge is 2.12. The number of carbonyl (C=O) groups excluding carboxylic acids is 1. The molecule has 0 unspecified atom stereocenters. The van der Waals surface area contributed by atoms with Crippen LogP contribution < -0.4 is 5.32 Å². The molecule has 0 atom stereocenters. The number of carbonyl (C=O) groups is 2. The van der Waals surface area contributed by atoms with Crippen molar-refractivity contribution >= 4 is 27.8 Å². The molecule has 0 aliphatic heterocycles. The molecule has 0 heterocycles. The lowest BCUT2D eigenvalue weighted by Gasteiger charge is -2.08. The molecule has 0 aliphatic carbocycles. The Labute approximate surface area is 95.4 Å². The average Bonchev–Trinajstić information content (AvgIpc) is 2.15. The average molecular weight is 272 g/mol. The summed E-state index contributed by atoms with van der Waals surface area (Å²) in [6.45, 7) is 1.59. The Morgan fingerprint density at radius 1 is 1.47 bits per heavy atom. The Morgan fingerprint density at radius 3 is 2.67 bits per heavy atom. The minimum Gasteiger partial charge on any atom is -0.478 e. The van der Waals surface area contributed by atoms with E-state index in [1.807, 2.05) is 0 Å². The van der Waals surface area contributed by atoms with Gasteiger partial charge >= 0.3 is 5.97 Å². The number of hydrogen-bond donors (Lipinski definition) is 2. The summed E-state index contributed by atoms with van der Waals surface area (Å²) in [4.78, 5) is 21.6. The third-order valence-electron chi connectivity index (χ3n) is 1.86. The highest BCUT2D eigenvalue weighted by Crippen LogP contribution is 2.20. The molecule has 5 heteroatoms. The summed E-state index contributed by atoms with van der Waals surface area (Å²) in [5.74, 6) is -1.20. The van der Waals surface area contributed by atoms with E-state index in [4.69, 9.17) is 5.11 Å². The number of hydrogen-bond acceptors (Lipinski definition) is 2. The van der Waals surface area contributed by atoms with Gasteiger partial charge in [-0.2, -0.15) is 0 Å². The molecule has 0 fully saturated rings. The predicted octanol–water partition coefficient (Wildman–Crippen LogP) is 1.78. The third-order valence-corrected chi connectivity index (χ3v) is 2.61. The second-order valence-electron chi connectivity index (χ2n) is 2.98. The van der Waals surface area contributed by atoms with E-state index in [0.29, 0.717) is 10.0 Å². The van der Waals surface area contributed by atoms with Gasteiger partial charge in [-0.25, -0.2) is 4.79 Å². The summed E-state index contributed by atoms with van der Waals surface area (Å²) in [6.07, 6.45) is 0. The van der Waals surface area contributed by atoms with E-state index in [-0.39, 0.29) is 18.0 Å². The first-order valence-corrected chi connectivity index (χ1v) is 5.06. The van der Waals surface area contributed by atoms with Gasteiger partial charge in [-0.1, -0.05) is 22.0 Å². The maximum absolute atomic E-state index is 10.9. The van der Waals surface area contributed by atoms with E-state index in [2.05, 4.69) is 21.2 Å². The summed E-state index contributed by atoms with van der Waals surface area (Å²) >= 11 is 3.25. The summed E-state index contributed by atoms with van der Waals surface area (Å²) < 4.78 is 0.677. The first-order chi connectivity index (χ1) is 7.02. The molecule has 0 saturated heterocycles. The molecule has 80 valence electrons. The fraction of sp³-hybridized carbons (Fsp3) is 0.200. The lowest BCUT2D eigenvalue weighted by Crippen LogP contribution is -2.21. The molecular formula is C10H10BrNO3. The van der Waals surface area contributed by atoms with Crippen LogP contribution >= 0.6 is 15.9 Å². The highest BCUT2D eigenvalue weighted by molar-refractivity contribution is 9.10. The number of carboxylic acids is 1. The number of benzene rings is 1. The second-order valence-corrected chi connectivity index (χ2v) is 3.84. The van der Waals surface area contributed by atoms with Crippen LogP contribution in [0.25, 0.3) is 0 Å². The molecule has 1 aromatic carbocycles. The number of nitrogens with one attached hydrogen (secondary N) is 1. The summed E-state index contributed by atoms with van der Waals surface area (Å²) in [6, 6.07) is 4.89. The van der Waals surface area contributed by atoms with Crippen LogP contribution in [0.1, 0.15) is 22.8 Å². The monoisotopic (exact) mass is 271 g/mol. The number of carboxylic acid groups (broad SMARTS) is 1.